The van der Waals surface area contributed by atoms with Crippen LogP contribution in [-0.4, -0.2) is 11.7 Å². The van der Waals surface area contributed by atoms with Crippen molar-refractivity contribution in [1.29, 1.82) is 0 Å². The topological polar surface area (TPSA) is 29.5 Å². The molecular formula is C16H11ClF2O2. The Hall–Kier alpha value is -2.09. The lowest BCUT2D eigenvalue weighted by atomic mass is 10.1. The molecule has 21 heavy (non-hydrogen) atoms. The fourth-order valence-corrected chi connectivity index (χ4v) is 1.80. The van der Waals surface area contributed by atoms with E-state index in [9.17, 15) is 8.78 Å². The first-order valence-electron chi connectivity index (χ1n) is 6.07. The number of hydrogen-bond donors (Lipinski definition) is 1. The molecule has 0 spiro atoms. The van der Waals surface area contributed by atoms with Crippen LogP contribution in [0.25, 0.3) is 0 Å². The number of benzene rings is 2. The molecular weight excluding hydrogens is 298 g/mol. The summed E-state index contributed by atoms with van der Waals surface area (Å²) in [6.07, 6.45) is 0. The summed E-state index contributed by atoms with van der Waals surface area (Å²) in [4.78, 5) is 0. The van der Waals surface area contributed by atoms with Gasteiger partial charge in [0.05, 0.1) is 5.02 Å². The van der Waals surface area contributed by atoms with Crippen molar-refractivity contribution in [3.05, 3.63) is 64.2 Å². The first-order valence-corrected chi connectivity index (χ1v) is 6.44. The number of ether oxygens (including phenoxy) is 1. The molecule has 2 aromatic carbocycles. The number of rotatable bonds is 3. The molecule has 0 aromatic heterocycles. The largest absolute Gasteiger partial charge is 0.486 e. The second-order valence-electron chi connectivity index (χ2n) is 4.11. The highest BCUT2D eigenvalue weighted by molar-refractivity contribution is 6.30. The third-order valence-electron chi connectivity index (χ3n) is 2.66. The lowest BCUT2D eigenvalue weighted by Gasteiger charge is -2.09. The molecule has 0 fully saturated rings. The van der Waals surface area contributed by atoms with Gasteiger partial charge in [0.1, 0.15) is 19.0 Å². The second kappa shape index (κ2) is 7.07. The first kappa shape index (κ1) is 15.3. The van der Waals surface area contributed by atoms with E-state index in [4.69, 9.17) is 21.4 Å². The summed E-state index contributed by atoms with van der Waals surface area (Å²) < 4.78 is 32.7. The van der Waals surface area contributed by atoms with Crippen molar-refractivity contribution in [1.82, 2.24) is 0 Å². The van der Waals surface area contributed by atoms with Crippen LogP contribution in [0.1, 0.15) is 11.1 Å². The van der Waals surface area contributed by atoms with Gasteiger partial charge in [-0.1, -0.05) is 35.6 Å². The van der Waals surface area contributed by atoms with Gasteiger partial charge in [0.15, 0.2) is 11.6 Å². The Morgan fingerprint density at radius 1 is 1.19 bits per heavy atom. The van der Waals surface area contributed by atoms with Crippen LogP contribution >= 0.6 is 11.6 Å². The molecule has 0 aliphatic heterocycles. The highest BCUT2D eigenvalue weighted by Gasteiger charge is 2.09. The lowest BCUT2D eigenvalue weighted by molar-refractivity contribution is 0.285. The van der Waals surface area contributed by atoms with Gasteiger partial charge in [-0.3, -0.25) is 0 Å². The smallest absolute Gasteiger partial charge is 0.183 e. The van der Waals surface area contributed by atoms with Crippen molar-refractivity contribution in [3.8, 4) is 17.6 Å². The summed E-state index contributed by atoms with van der Waals surface area (Å²) in [5.74, 6) is 3.80. The minimum atomic E-state index is -0.676. The maximum atomic E-state index is 13.8. The molecule has 0 heterocycles. The summed E-state index contributed by atoms with van der Waals surface area (Å²) in [5.41, 5.74) is 0.711. The predicted octanol–water partition coefficient (Wildman–Crippen LogP) is 3.54. The molecule has 2 nitrogen and oxygen atoms in total. The third kappa shape index (κ3) is 3.94. The van der Waals surface area contributed by atoms with E-state index in [1.807, 2.05) is 0 Å². The summed E-state index contributed by atoms with van der Waals surface area (Å²) in [5, 5.41) is 8.52. The Bertz CT molecular complexity index is 705. The van der Waals surface area contributed by atoms with Gasteiger partial charge in [0.2, 0.25) is 0 Å². The van der Waals surface area contributed by atoms with Crippen molar-refractivity contribution < 1.29 is 18.6 Å². The highest BCUT2D eigenvalue weighted by atomic mass is 35.5. The van der Waals surface area contributed by atoms with Gasteiger partial charge in [-0.25, -0.2) is 8.78 Å². The van der Waals surface area contributed by atoms with E-state index < -0.39 is 11.6 Å². The number of aliphatic hydroxyl groups excluding tert-OH is 1. The molecule has 0 atom stereocenters. The van der Waals surface area contributed by atoms with Crippen LogP contribution in [0.5, 0.6) is 5.75 Å². The summed E-state index contributed by atoms with van der Waals surface area (Å²) in [6.45, 7) is -0.419. The molecule has 0 bridgehead atoms. The standard InChI is InChI=1S/C16H11ClF2O2/c17-13-4-1-5-15(16(13)19)21-10-12-7-6-11(3-2-8-20)9-14(12)18/h1,4-7,9,20H,8,10H2. The van der Waals surface area contributed by atoms with Gasteiger partial charge < -0.3 is 9.84 Å². The van der Waals surface area contributed by atoms with Gasteiger partial charge in [-0.15, -0.1) is 0 Å². The molecule has 2 rings (SSSR count). The molecule has 0 saturated carbocycles. The minimum Gasteiger partial charge on any atom is -0.486 e. The van der Waals surface area contributed by atoms with Crippen molar-refractivity contribution >= 4 is 11.6 Å². The average Bonchev–Trinajstić information content (AvgIpc) is 2.48. The molecule has 0 radical (unpaired) electrons. The van der Waals surface area contributed by atoms with Gasteiger partial charge >= 0.3 is 0 Å². The van der Waals surface area contributed by atoms with Crippen LogP contribution in [0, 0.1) is 23.5 Å². The van der Waals surface area contributed by atoms with Crippen LogP contribution < -0.4 is 4.74 Å². The Kier molecular flexibility index (Phi) is 5.15. The van der Waals surface area contributed by atoms with Crippen LogP contribution in [0.15, 0.2) is 36.4 Å². The molecule has 0 unspecified atom stereocenters. The summed E-state index contributed by atoms with van der Waals surface area (Å²) in [6, 6.07) is 8.69. The Morgan fingerprint density at radius 2 is 2.00 bits per heavy atom. The zero-order chi connectivity index (χ0) is 15.2. The van der Waals surface area contributed by atoms with Crippen molar-refractivity contribution in [2.45, 2.75) is 6.61 Å². The number of aliphatic hydroxyl groups is 1. The Labute approximate surface area is 125 Å². The Balaban J connectivity index is 2.12. The van der Waals surface area contributed by atoms with Crippen molar-refractivity contribution in [3.63, 3.8) is 0 Å². The van der Waals surface area contributed by atoms with E-state index in [2.05, 4.69) is 11.8 Å². The predicted molar refractivity (Wildman–Crippen MR) is 76.1 cm³/mol. The van der Waals surface area contributed by atoms with Gasteiger partial charge in [0, 0.05) is 11.1 Å². The van der Waals surface area contributed by atoms with E-state index in [1.165, 1.54) is 24.3 Å². The fraction of sp³-hybridized carbons (Fsp3) is 0.125. The quantitative estimate of drug-likeness (QED) is 0.879. The third-order valence-corrected chi connectivity index (χ3v) is 2.96. The minimum absolute atomic E-state index is 0.0361. The SMILES string of the molecule is OCC#Cc1ccc(COc2cccc(Cl)c2F)c(F)c1. The lowest BCUT2D eigenvalue weighted by Crippen LogP contribution is -2.00. The number of hydrogen-bond acceptors (Lipinski definition) is 2. The van der Waals surface area contributed by atoms with Crippen molar-refractivity contribution in [2.24, 2.45) is 0 Å². The van der Waals surface area contributed by atoms with Gasteiger partial charge in [0.25, 0.3) is 0 Å². The zero-order valence-electron chi connectivity index (χ0n) is 10.9. The number of halogens is 3. The van der Waals surface area contributed by atoms with Crippen molar-refractivity contribution in [2.75, 3.05) is 6.61 Å². The maximum Gasteiger partial charge on any atom is 0.183 e. The zero-order valence-corrected chi connectivity index (χ0v) is 11.6. The van der Waals surface area contributed by atoms with E-state index in [0.29, 0.717) is 5.56 Å². The maximum absolute atomic E-state index is 13.8. The van der Waals surface area contributed by atoms with Crippen LogP contribution in [0.4, 0.5) is 8.78 Å². The molecule has 5 heteroatoms. The molecule has 108 valence electrons. The van der Waals surface area contributed by atoms with E-state index in [-0.39, 0.29) is 29.5 Å². The fourth-order valence-electron chi connectivity index (χ4n) is 1.63. The molecule has 0 aliphatic carbocycles. The van der Waals surface area contributed by atoms with Crippen LogP contribution in [0.3, 0.4) is 0 Å². The van der Waals surface area contributed by atoms with E-state index >= 15 is 0 Å². The molecule has 0 aliphatic rings. The van der Waals surface area contributed by atoms with Gasteiger partial charge in [-0.2, -0.15) is 0 Å². The first-order chi connectivity index (χ1) is 10.1. The van der Waals surface area contributed by atoms with Crippen LogP contribution in [-0.2, 0) is 6.61 Å². The molecule has 1 N–H and O–H groups in total. The summed E-state index contributed by atoms with van der Waals surface area (Å²) >= 11 is 5.63. The average molecular weight is 309 g/mol. The normalized spacial score (nSPS) is 9.90. The summed E-state index contributed by atoms with van der Waals surface area (Å²) in [7, 11) is 0. The second-order valence-corrected chi connectivity index (χ2v) is 4.51. The Morgan fingerprint density at radius 3 is 2.71 bits per heavy atom. The van der Waals surface area contributed by atoms with Crippen LogP contribution in [0.2, 0.25) is 5.02 Å². The molecule has 0 amide bonds. The van der Waals surface area contributed by atoms with Gasteiger partial charge in [-0.05, 0) is 24.3 Å². The molecule has 0 saturated heterocycles. The highest BCUT2D eigenvalue weighted by Crippen LogP contribution is 2.25. The van der Waals surface area contributed by atoms with E-state index in [0.717, 1.165) is 0 Å². The molecule has 2 aromatic rings. The monoisotopic (exact) mass is 308 g/mol. The van der Waals surface area contributed by atoms with E-state index in [1.54, 1.807) is 12.1 Å².